The average Bonchev–Trinajstić information content (AvgIpc) is 2.67. The molecule has 0 N–H and O–H groups in total. The fourth-order valence-corrected chi connectivity index (χ4v) is 4.00. The molecule has 0 amide bonds. The molecule has 3 nitrogen and oxygen atoms in total. The maximum Gasteiger partial charge on any atom is 0.152 e. The van der Waals surface area contributed by atoms with E-state index >= 15 is 0 Å². The molecule has 1 heterocycles. The van der Waals surface area contributed by atoms with Crippen LogP contribution in [0.4, 0.5) is 0 Å². The summed E-state index contributed by atoms with van der Waals surface area (Å²) >= 11 is 0. The number of hydrogen-bond donors (Lipinski definition) is 0. The van der Waals surface area contributed by atoms with Crippen molar-refractivity contribution in [3.05, 3.63) is 0 Å². The number of hydrogen-bond acceptors (Lipinski definition) is 3. The molecular weight excluding hydrogens is 248 g/mol. The van der Waals surface area contributed by atoms with E-state index in [9.17, 15) is 8.42 Å². The van der Waals surface area contributed by atoms with E-state index in [2.05, 4.69) is 6.92 Å². The van der Waals surface area contributed by atoms with E-state index in [0.717, 1.165) is 13.0 Å². The molecule has 0 saturated carbocycles. The molecule has 1 atom stereocenters. The van der Waals surface area contributed by atoms with Crippen LogP contribution >= 0.6 is 0 Å². The molecule has 4 heteroatoms. The van der Waals surface area contributed by atoms with E-state index in [1.165, 1.54) is 44.9 Å². The highest BCUT2D eigenvalue weighted by Gasteiger charge is 2.28. The number of sulfone groups is 1. The lowest BCUT2D eigenvalue weighted by Gasteiger charge is -2.09. The Morgan fingerprint density at radius 1 is 1.00 bits per heavy atom. The fraction of sp³-hybridized carbons (Fsp3) is 1.00. The Labute approximate surface area is 112 Å². The molecule has 0 aliphatic carbocycles. The van der Waals surface area contributed by atoms with Crippen LogP contribution in [0.5, 0.6) is 0 Å². The molecule has 0 bridgehead atoms. The summed E-state index contributed by atoms with van der Waals surface area (Å²) in [7, 11) is -2.78. The first-order valence-corrected chi connectivity index (χ1v) is 9.28. The highest BCUT2D eigenvalue weighted by atomic mass is 32.2. The van der Waals surface area contributed by atoms with Gasteiger partial charge in [0.25, 0.3) is 0 Å². The Bertz CT molecular complexity index is 298. The minimum Gasteiger partial charge on any atom is -0.377 e. The molecule has 18 heavy (non-hydrogen) atoms. The molecule has 0 aromatic carbocycles. The van der Waals surface area contributed by atoms with Gasteiger partial charge < -0.3 is 4.74 Å². The number of unbranched alkanes of at least 4 members (excludes halogenated alkanes) is 7. The molecule has 1 fully saturated rings. The van der Waals surface area contributed by atoms with Gasteiger partial charge in [-0.15, -0.1) is 0 Å². The van der Waals surface area contributed by atoms with Crippen LogP contribution < -0.4 is 0 Å². The molecule has 108 valence electrons. The summed E-state index contributed by atoms with van der Waals surface area (Å²) in [6.45, 7) is 2.97. The van der Waals surface area contributed by atoms with Crippen molar-refractivity contribution < 1.29 is 13.2 Å². The second-order valence-electron chi connectivity index (χ2n) is 5.37. The second kappa shape index (κ2) is 8.92. The number of rotatable bonds is 10. The normalized spacial score (nSPS) is 22.4. The number of ether oxygens (including phenoxy) is 1. The van der Waals surface area contributed by atoms with Crippen LogP contribution in [0.1, 0.15) is 64.7 Å². The van der Waals surface area contributed by atoms with E-state index in [1.807, 2.05) is 0 Å². The molecule has 0 unspecified atom stereocenters. The summed E-state index contributed by atoms with van der Waals surface area (Å²) < 4.78 is 28.0. The molecule has 1 aliphatic rings. The van der Waals surface area contributed by atoms with Gasteiger partial charge in [-0.05, 0) is 12.8 Å². The summed E-state index contributed by atoms with van der Waals surface area (Å²) in [5.74, 6) is 0.555. The topological polar surface area (TPSA) is 43.4 Å². The zero-order chi connectivity index (χ0) is 13.3. The van der Waals surface area contributed by atoms with Gasteiger partial charge in [0.15, 0.2) is 9.84 Å². The third-order valence-corrected chi connectivity index (χ3v) is 5.28. The summed E-state index contributed by atoms with van der Waals surface area (Å²) in [4.78, 5) is 0. The highest BCUT2D eigenvalue weighted by molar-refractivity contribution is 7.91. The van der Waals surface area contributed by atoms with Crippen LogP contribution in [0, 0.1) is 0 Å². The molecular formula is C14H28O3S. The van der Waals surface area contributed by atoms with Crippen molar-refractivity contribution in [1.29, 1.82) is 0 Å². The molecule has 1 saturated heterocycles. The van der Waals surface area contributed by atoms with E-state index < -0.39 is 9.84 Å². The molecule has 1 rings (SSSR count). The summed E-state index contributed by atoms with van der Waals surface area (Å²) in [5.41, 5.74) is 0. The van der Waals surface area contributed by atoms with Crippen molar-refractivity contribution in [1.82, 2.24) is 0 Å². The Hall–Kier alpha value is -0.0900. The Morgan fingerprint density at radius 3 is 2.17 bits per heavy atom. The van der Waals surface area contributed by atoms with Gasteiger partial charge in [-0.1, -0.05) is 51.9 Å². The smallest absolute Gasteiger partial charge is 0.152 e. The van der Waals surface area contributed by atoms with Gasteiger partial charge in [0.2, 0.25) is 0 Å². The van der Waals surface area contributed by atoms with E-state index in [4.69, 9.17) is 4.74 Å². The van der Waals surface area contributed by atoms with Crippen molar-refractivity contribution in [3.8, 4) is 0 Å². The lowest BCUT2D eigenvalue weighted by molar-refractivity contribution is 0.0680. The van der Waals surface area contributed by atoms with Crippen molar-refractivity contribution in [2.24, 2.45) is 0 Å². The molecule has 0 aromatic heterocycles. The largest absolute Gasteiger partial charge is 0.377 e. The van der Waals surface area contributed by atoms with Crippen LogP contribution in [0.25, 0.3) is 0 Å². The Balaban J connectivity index is 1.85. The standard InChI is InChI=1S/C14H28O3S/c1-2-3-4-5-6-7-8-9-11-17-14-10-12-18(15,16)13-14/h14H,2-13H2,1H3/t14-/m1/s1. The third kappa shape index (κ3) is 7.37. The Morgan fingerprint density at radius 2 is 1.61 bits per heavy atom. The molecule has 0 spiro atoms. The maximum atomic E-state index is 11.2. The van der Waals surface area contributed by atoms with Gasteiger partial charge in [0.1, 0.15) is 0 Å². The lowest BCUT2D eigenvalue weighted by Crippen LogP contribution is -2.15. The lowest BCUT2D eigenvalue weighted by atomic mass is 10.1. The van der Waals surface area contributed by atoms with Gasteiger partial charge in [0.05, 0.1) is 17.6 Å². The van der Waals surface area contributed by atoms with Gasteiger partial charge in [-0.2, -0.15) is 0 Å². The Kier molecular flexibility index (Phi) is 7.91. The summed E-state index contributed by atoms with van der Waals surface area (Å²) in [5, 5.41) is 0. The van der Waals surface area contributed by atoms with Crippen molar-refractivity contribution in [3.63, 3.8) is 0 Å². The maximum absolute atomic E-state index is 11.2. The predicted octanol–water partition coefficient (Wildman–Crippen LogP) is 3.33. The first-order chi connectivity index (χ1) is 8.64. The first kappa shape index (κ1) is 16.0. The van der Waals surface area contributed by atoms with Gasteiger partial charge >= 0.3 is 0 Å². The van der Waals surface area contributed by atoms with Gasteiger partial charge in [0, 0.05) is 6.61 Å². The highest BCUT2D eigenvalue weighted by Crippen LogP contribution is 2.15. The quantitative estimate of drug-likeness (QED) is 0.575. The zero-order valence-electron chi connectivity index (χ0n) is 11.7. The third-order valence-electron chi connectivity index (χ3n) is 3.54. The molecule has 0 aromatic rings. The van der Waals surface area contributed by atoms with Gasteiger partial charge in [-0.3, -0.25) is 0 Å². The summed E-state index contributed by atoms with van der Waals surface area (Å²) in [6.07, 6.45) is 11.0. The fourth-order valence-electron chi connectivity index (χ4n) is 2.38. The predicted molar refractivity (Wildman–Crippen MR) is 75.6 cm³/mol. The van der Waals surface area contributed by atoms with Crippen molar-refractivity contribution in [2.75, 3.05) is 18.1 Å². The van der Waals surface area contributed by atoms with Crippen molar-refractivity contribution >= 4 is 9.84 Å². The second-order valence-corrected chi connectivity index (χ2v) is 7.60. The van der Waals surface area contributed by atoms with E-state index in [-0.39, 0.29) is 11.9 Å². The van der Waals surface area contributed by atoms with Gasteiger partial charge in [-0.25, -0.2) is 8.42 Å². The SMILES string of the molecule is CCCCCCCCCCO[C@@H]1CCS(=O)(=O)C1. The first-order valence-electron chi connectivity index (χ1n) is 7.46. The zero-order valence-corrected chi connectivity index (χ0v) is 12.5. The minimum atomic E-state index is -2.78. The van der Waals surface area contributed by atoms with Crippen LogP contribution in [-0.4, -0.2) is 32.6 Å². The van der Waals surface area contributed by atoms with Crippen LogP contribution in [-0.2, 0) is 14.6 Å². The minimum absolute atomic E-state index is 0.0282. The average molecular weight is 276 g/mol. The van der Waals surface area contributed by atoms with E-state index in [1.54, 1.807) is 0 Å². The van der Waals surface area contributed by atoms with E-state index in [0.29, 0.717) is 12.2 Å². The van der Waals surface area contributed by atoms with Crippen LogP contribution in [0.3, 0.4) is 0 Å². The molecule has 1 aliphatic heterocycles. The molecule has 0 radical (unpaired) electrons. The van der Waals surface area contributed by atoms with Crippen LogP contribution in [0.15, 0.2) is 0 Å². The van der Waals surface area contributed by atoms with Crippen LogP contribution in [0.2, 0.25) is 0 Å². The monoisotopic (exact) mass is 276 g/mol. The summed E-state index contributed by atoms with van der Waals surface area (Å²) in [6, 6.07) is 0. The van der Waals surface area contributed by atoms with Crippen molar-refractivity contribution in [2.45, 2.75) is 70.8 Å².